The molecule has 6 heteroatoms. The number of nitrogens with two attached hydrogens (primary N) is 1. The third kappa shape index (κ3) is 1.62. The molecule has 0 amide bonds. The zero-order valence-electron chi connectivity index (χ0n) is 6.87. The first-order valence-electron chi connectivity index (χ1n) is 3.72. The molecule has 0 fully saturated rings. The molecular weight excluding hydrogens is 269 g/mol. The smallest absolute Gasteiger partial charge is 0.203 e. The van der Waals surface area contributed by atoms with Gasteiger partial charge in [-0.25, -0.2) is 4.39 Å². The molecule has 0 aliphatic carbocycles. The van der Waals surface area contributed by atoms with Crippen molar-refractivity contribution in [1.29, 1.82) is 0 Å². The van der Waals surface area contributed by atoms with Gasteiger partial charge in [-0.15, -0.1) is 10.2 Å². The predicted molar refractivity (Wildman–Crippen MR) is 57.4 cm³/mol. The van der Waals surface area contributed by atoms with Crippen molar-refractivity contribution in [1.82, 2.24) is 10.2 Å². The van der Waals surface area contributed by atoms with E-state index in [9.17, 15) is 4.39 Å². The van der Waals surface area contributed by atoms with Gasteiger partial charge in [-0.3, -0.25) is 0 Å². The molecule has 72 valence electrons. The van der Waals surface area contributed by atoms with Crippen LogP contribution in [0.15, 0.2) is 22.7 Å². The lowest BCUT2D eigenvalue weighted by molar-refractivity contribution is 0.630. The van der Waals surface area contributed by atoms with Gasteiger partial charge < -0.3 is 5.73 Å². The lowest BCUT2D eigenvalue weighted by Gasteiger charge is -2.00. The van der Waals surface area contributed by atoms with E-state index in [2.05, 4.69) is 26.1 Å². The lowest BCUT2D eigenvalue weighted by atomic mass is 10.2. The van der Waals surface area contributed by atoms with Gasteiger partial charge in [0.2, 0.25) is 5.13 Å². The average molecular weight is 274 g/mol. The fourth-order valence-corrected chi connectivity index (χ4v) is 2.37. The van der Waals surface area contributed by atoms with E-state index in [0.717, 1.165) is 11.3 Å². The van der Waals surface area contributed by atoms with E-state index in [1.165, 1.54) is 6.07 Å². The van der Waals surface area contributed by atoms with Crippen molar-refractivity contribution < 1.29 is 4.39 Å². The SMILES string of the molecule is Nc1nnc(-c2c(F)cccc2Br)s1. The number of benzene rings is 1. The molecular formula is C8H5BrFN3S. The van der Waals surface area contributed by atoms with Crippen LogP contribution in [0.25, 0.3) is 10.6 Å². The van der Waals surface area contributed by atoms with Crippen molar-refractivity contribution in [2.24, 2.45) is 0 Å². The quantitative estimate of drug-likeness (QED) is 0.869. The highest BCUT2D eigenvalue weighted by molar-refractivity contribution is 9.10. The summed E-state index contributed by atoms with van der Waals surface area (Å²) >= 11 is 4.41. The molecule has 0 unspecified atom stereocenters. The monoisotopic (exact) mass is 273 g/mol. The van der Waals surface area contributed by atoms with Gasteiger partial charge >= 0.3 is 0 Å². The van der Waals surface area contributed by atoms with Crippen molar-refractivity contribution in [2.45, 2.75) is 0 Å². The summed E-state index contributed by atoms with van der Waals surface area (Å²) in [7, 11) is 0. The van der Waals surface area contributed by atoms with Crippen LogP contribution in [0, 0.1) is 5.82 Å². The van der Waals surface area contributed by atoms with Gasteiger partial charge in [-0.1, -0.05) is 17.4 Å². The maximum absolute atomic E-state index is 13.4. The standard InChI is InChI=1S/C8H5BrFN3S/c9-4-2-1-3-5(10)6(4)7-12-13-8(11)14-7/h1-3H,(H2,11,13). The average Bonchev–Trinajstić information content (AvgIpc) is 2.51. The van der Waals surface area contributed by atoms with Gasteiger partial charge in [-0.05, 0) is 28.1 Å². The zero-order valence-corrected chi connectivity index (χ0v) is 9.27. The Balaban J connectivity index is 2.61. The van der Waals surface area contributed by atoms with Crippen molar-refractivity contribution in [3.05, 3.63) is 28.5 Å². The van der Waals surface area contributed by atoms with Crippen molar-refractivity contribution in [3.63, 3.8) is 0 Å². The van der Waals surface area contributed by atoms with Crippen LogP contribution in [-0.2, 0) is 0 Å². The molecule has 0 spiro atoms. The molecule has 1 aromatic carbocycles. The Labute approximate surface area is 91.9 Å². The van der Waals surface area contributed by atoms with Crippen LogP contribution in [-0.4, -0.2) is 10.2 Å². The second kappa shape index (κ2) is 3.62. The van der Waals surface area contributed by atoms with E-state index in [4.69, 9.17) is 5.73 Å². The molecule has 0 aliphatic heterocycles. The summed E-state index contributed by atoms with van der Waals surface area (Å²) < 4.78 is 14.1. The Bertz CT molecular complexity index is 451. The van der Waals surface area contributed by atoms with Crippen LogP contribution >= 0.6 is 27.3 Å². The second-order valence-corrected chi connectivity index (χ2v) is 4.41. The minimum absolute atomic E-state index is 0.329. The Morgan fingerprint density at radius 3 is 2.71 bits per heavy atom. The van der Waals surface area contributed by atoms with Gasteiger partial charge in [0.1, 0.15) is 5.82 Å². The first-order valence-corrected chi connectivity index (χ1v) is 5.33. The fraction of sp³-hybridized carbons (Fsp3) is 0. The molecule has 1 heterocycles. The first kappa shape index (κ1) is 9.54. The number of nitrogen functional groups attached to an aromatic ring is 1. The van der Waals surface area contributed by atoms with Crippen LogP contribution < -0.4 is 5.73 Å². The largest absolute Gasteiger partial charge is 0.374 e. The second-order valence-electron chi connectivity index (χ2n) is 2.54. The summed E-state index contributed by atoms with van der Waals surface area (Å²) in [5.41, 5.74) is 5.83. The minimum Gasteiger partial charge on any atom is -0.374 e. The summed E-state index contributed by atoms with van der Waals surface area (Å²) in [6.07, 6.45) is 0. The van der Waals surface area contributed by atoms with Crippen LogP contribution in [0.3, 0.4) is 0 Å². The summed E-state index contributed by atoms with van der Waals surface area (Å²) in [5, 5.41) is 8.22. The zero-order chi connectivity index (χ0) is 10.1. The van der Waals surface area contributed by atoms with Gasteiger partial charge in [0.15, 0.2) is 5.01 Å². The lowest BCUT2D eigenvalue weighted by Crippen LogP contribution is -1.85. The molecule has 0 radical (unpaired) electrons. The molecule has 2 rings (SSSR count). The topological polar surface area (TPSA) is 51.8 Å². The summed E-state index contributed by atoms with van der Waals surface area (Å²) in [6, 6.07) is 4.74. The Hall–Kier alpha value is -1.01. The van der Waals surface area contributed by atoms with Gasteiger partial charge in [-0.2, -0.15) is 0 Å². The van der Waals surface area contributed by atoms with E-state index in [1.807, 2.05) is 0 Å². The van der Waals surface area contributed by atoms with E-state index in [1.54, 1.807) is 12.1 Å². The molecule has 3 nitrogen and oxygen atoms in total. The summed E-state index contributed by atoms with van der Waals surface area (Å²) in [5.74, 6) is -0.337. The molecule has 2 N–H and O–H groups in total. The van der Waals surface area contributed by atoms with Crippen molar-refractivity contribution in [3.8, 4) is 10.6 Å². The highest BCUT2D eigenvalue weighted by Gasteiger charge is 2.13. The van der Waals surface area contributed by atoms with Gasteiger partial charge in [0, 0.05) is 4.47 Å². The maximum atomic E-state index is 13.4. The summed E-state index contributed by atoms with van der Waals surface area (Å²) in [4.78, 5) is 0. The predicted octanol–water partition coefficient (Wildman–Crippen LogP) is 2.69. The molecule has 0 saturated heterocycles. The molecule has 0 atom stereocenters. The van der Waals surface area contributed by atoms with E-state index >= 15 is 0 Å². The number of halogens is 2. The first-order chi connectivity index (χ1) is 6.68. The Morgan fingerprint density at radius 2 is 2.14 bits per heavy atom. The highest BCUT2D eigenvalue weighted by atomic mass is 79.9. The van der Waals surface area contributed by atoms with Crippen LogP contribution in [0.2, 0.25) is 0 Å². The third-order valence-electron chi connectivity index (χ3n) is 1.62. The fourth-order valence-electron chi connectivity index (χ4n) is 1.04. The molecule has 2 aromatic rings. The van der Waals surface area contributed by atoms with E-state index < -0.39 is 0 Å². The summed E-state index contributed by atoms with van der Waals surface area (Å²) in [6.45, 7) is 0. The highest BCUT2D eigenvalue weighted by Crippen LogP contribution is 2.33. The molecule has 0 aliphatic rings. The maximum Gasteiger partial charge on any atom is 0.203 e. The van der Waals surface area contributed by atoms with E-state index in [0.29, 0.717) is 20.2 Å². The number of nitrogens with zero attached hydrogens (tertiary/aromatic N) is 2. The number of aromatic nitrogens is 2. The Morgan fingerprint density at radius 1 is 1.36 bits per heavy atom. The van der Waals surface area contributed by atoms with Crippen LogP contribution in [0.4, 0.5) is 9.52 Å². The van der Waals surface area contributed by atoms with Crippen molar-refractivity contribution >= 4 is 32.4 Å². The number of hydrogen-bond donors (Lipinski definition) is 1. The third-order valence-corrected chi connectivity index (χ3v) is 3.05. The Kier molecular flexibility index (Phi) is 2.47. The number of rotatable bonds is 1. The molecule has 1 aromatic heterocycles. The van der Waals surface area contributed by atoms with Gasteiger partial charge in [0.05, 0.1) is 5.56 Å². The molecule has 14 heavy (non-hydrogen) atoms. The molecule has 0 saturated carbocycles. The van der Waals surface area contributed by atoms with E-state index in [-0.39, 0.29) is 5.82 Å². The van der Waals surface area contributed by atoms with Gasteiger partial charge in [0.25, 0.3) is 0 Å². The number of hydrogen-bond acceptors (Lipinski definition) is 4. The molecule has 0 bridgehead atoms. The minimum atomic E-state index is -0.337. The normalized spacial score (nSPS) is 10.4. The number of anilines is 1. The van der Waals surface area contributed by atoms with Crippen molar-refractivity contribution in [2.75, 3.05) is 5.73 Å². The van der Waals surface area contributed by atoms with Crippen LogP contribution in [0.5, 0.6) is 0 Å². The van der Waals surface area contributed by atoms with Crippen LogP contribution in [0.1, 0.15) is 0 Å².